The number of rotatable bonds is 5. The molecule has 1 aromatic carbocycles. The Labute approximate surface area is 119 Å². The van der Waals surface area contributed by atoms with Crippen LogP contribution in [0.3, 0.4) is 0 Å². The van der Waals surface area contributed by atoms with E-state index in [9.17, 15) is 14.7 Å². The van der Waals surface area contributed by atoms with E-state index in [0.717, 1.165) is 12.0 Å². The van der Waals surface area contributed by atoms with Crippen molar-refractivity contribution in [1.82, 2.24) is 14.8 Å². The number of carboxylic acids is 1. The van der Waals surface area contributed by atoms with Crippen molar-refractivity contribution in [2.75, 3.05) is 0 Å². The van der Waals surface area contributed by atoms with E-state index < -0.39 is 5.97 Å². The first-order valence-electron chi connectivity index (χ1n) is 6.20. The van der Waals surface area contributed by atoms with Crippen LogP contribution in [-0.4, -0.2) is 25.8 Å². The van der Waals surface area contributed by atoms with Gasteiger partial charge in [-0.2, -0.15) is 0 Å². The molecule has 2 N–H and O–H groups in total. The Morgan fingerprint density at radius 2 is 2.25 bits per heavy atom. The molecule has 7 heteroatoms. The van der Waals surface area contributed by atoms with Gasteiger partial charge in [0.15, 0.2) is 5.16 Å². The molecule has 20 heavy (non-hydrogen) atoms. The van der Waals surface area contributed by atoms with E-state index in [4.69, 9.17) is 0 Å². The molecule has 6 nitrogen and oxygen atoms in total. The predicted molar refractivity (Wildman–Crippen MR) is 75.4 cm³/mol. The van der Waals surface area contributed by atoms with Crippen molar-refractivity contribution in [2.24, 2.45) is 0 Å². The maximum Gasteiger partial charge on any atom is 0.343 e. The number of H-pyrrole nitrogens is 1. The van der Waals surface area contributed by atoms with E-state index in [-0.39, 0.29) is 11.3 Å². The average Bonchev–Trinajstić information content (AvgIpc) is 2.72. The molecule has 0 radical (unpaired) electrons. The molecule has 2 rings (SSSR count). The second kappa shape index (κ2) is 5.96. The lowest BCUT2D eigenvalue weighted by Gasteiger charge is -2.07. The fraction of sp³-hybridized carbons (Fsp3) is 0.308. The van der Waals surface area contributed by atoms with Gasteiger partial charge in [-0.3, -0.25) is 4.57 Å². The minimum Gasteiger partial charge on any atom is -0.478 e. The summed E-state index contributed by atoms with van der Waals surface area (Å²) in [7, 11) is 0. The van der Waals surface area contributed by atoms with Crippen LogP contribution in [-0.2, 0) is 6.54 Å². The number of aromatic carboxylic acids is 1. The second-order valence-corrected chi connectivity index (χ2v) is 5.38. The standard InChI is InChI=1S/C13H15N3O3S/c1-3-6-16-12(19)14-15-13(16)20-10-7-8(2)4-5-9(10)11(17)18/h4-5,7H,3,6H2,1-2H3,(H,14,19)(H,17,18). The quantitative estimate of drug-likeness (QED) is 0.881. The van der Waals surface area contributed by atoms with Crippen molar-refractivity contribution in [3.63, 3.8) is 0 Å². The first-order valence-corrected chi connectivity index (χ1v) is 7.01. The number of aromatic nitrogens is 3. The normalized spacial score (nSPS) is 10.7. The molecule has 0 saturated carbocycles. The summed E-state index contributed by atoms with van der Waals surface area (Å²) in [5.41, 5.74) is 0.885. The second-order valence-electron chi connectivity index (χ2n) is 4.37. The van der Waals surface area contributed by atoms with Crippen LogP contribution in [0.1, 0.15) is 29.3 Å². The van der Waals surface area contributed by atoms with Crippen molar-refractivity contribution >= 4 is 17.7 Å². The smallest absolute Gasteiger partial charge is 0.343 e. The number of aromatic amines is 1. The average molecular weight is 293 g/mol. The summed E-state index contributed by atoms with van der Waals surface area (Å²) < 4.78 is 1.51. The lowest BCUT2D eigenvalue weighted by molar-refractivity contribution is 0.0693. The van der Waals surface area contributed by atoms with E-state index >= 15 is 0 Å². The fourth-order valence-corrected chi connectivity index (χ4v) is 2.87. The summed E-state index contributed by atoms with van der Waals surface area (Å²) >= 11 is 1.18. The van der Waals surface area contributed by atoms with Gasteiger partial charge >= 0.3 is 11.7 Å². The molecule has 0 aliphatic carbocycles. The third kappa shape index (κ3) is 2.93. The Morgan fingerprint density at radius 3 is 2.90 bits per heavy atom. The van der Waals surface area contributed by atoms with Crippen molar-refractivity contribution in [2.45, 2.75) is 36.9 Å². The summed E-state index contributed by atoms with van der Waals surface area (Å²) in [6.45, 7) is 4.40. The highest BCUT2D eigenvalue weighted by atomic mass is 32.2. The summed E-state index contributed by atoms with van der Waals surface area (Å²) in [5, 5.41) is 16.0. The van der Waals surface area contributed by atoms with Gasteiger partial charge in [-0.15, -0.1) is 5.10 Å². The van der Waals surface area contributed by atoms with Gasteiger partial charge in [0, 0.05) is 11.4 Å². The van der Waals surface area contributed by atoms with E-state index in [1.54, 1.807) is 18.2 Å². The first kappa shape index (κ1) is 14.4. The van der Waals surface area contributed by atoms with Gasteiger partial charge in [0.2, 0.25) is 0 Å². The maximum absolute atomic E-state index is 11.6. The van der Waals surface area contributed by atoms with Gasteiger partial charge in [0.1, 0.15) is 0 Å². The Hall–Kier alpha value is -2.02. The van der Waals surface area contributed by atoms with Gasteiger partial charge in [0.25, 0.3) is 0 Å². The molecular weight excluding hydrogens is 278 g/mol. The monoisotopic (exact) mass is 293 g/mol. The zero-order valence-electron chi connectivity index (χ0n) is 11.2. The first-order chi connectivity index (χ1) is 9.52. The lowest BCUT2D eigenvalue weighted by atomic mass is 10.1. The number of carboxylic acid groups (broad SMARTS) is 1. The fourth-order valence-electron chi connectivity index (χ4n) is 1.79. The van der Waals surface area contributed by atoms with Gasteiger partial charge in [-0.25, -0.2) is 14.7 Å². The number of nitrogens with one attached hydrogen (secondary N) is 1. The van der Waals surface area contributed by atoms with Crippen LogP contribution in [0.25, 0.3) is 0 Å². The molecule has 0 fully saturated rings. The molecule has 2 aromatic rings. The number of aryl methyl sites for hydroxylation is 1. The van der Waals surface area contributed by atoms with Gasteiger partial charge in [0.05, 0.1) is 5.56 Å². The Balaban J connectivity index is 2.42. The molecule has 1 heterocycles. The van der Waals surface area contributed by atoms with Gasteiger partial charge in [-0.1, -0.05) is 13.0 Å². The molecule has 0 unspecified atom stereocenters. The summed E-state index contributed by atoms with van der Waals surface area (Å²) in [4.78, 5) is 23.4. The number of hydrogen-bond donors (Lipinski definition) is 2. The van der Waals surface area contributed by atoms with Gasteiger partial charge in [-0.05, 0) is 42.8 Å². The van der Waals surface area contributed by atoms with Crippen molar-refractivity contribution < 1.29 is 9.90 Å². The minimum absolute atomic E-state index is 0.207. The Bertz CT molecular complexity index is 690. The minimum atomic E-state index is -0.993. The summed E-state index contributed by atoms with van der Waals surface area (Å²) in [6, 6.07) is 5.09. The van der Waals surface area contributed by atoms with Crippen LogP contribution in [0.15, 0.2) is 33.0 Å². The third-order valence-electron chi connectivity index (χ3n) is 2.74. The zero-order chi connectivity index (χ0) is 14.7. The Kier molecular flexibility index (Phi) is 4.29. The zero-order valence-corrected chi connectivity index (χ0v) is 12.0. The number of benzene rings is 1. The Morgan fingerprint density at radius 1 is 1.50 bits per heavy atom. The van der Waals surface area contributed by atoms with Crippen LogP contribution in [0, 0.1) is 6.92 Å². The molecule has 106 valence electrons. The van der Waals surface area contributed by atoms with Crippen LogP contribution in [0.5, 0.6) is 0 Å². The van der Waals surface area contributed by atoms with Crippen LogP contribution < -0.4 is 5.69 Å². The van der Waals surface area contributed by atoms with E-state index in [0.29, 0.717) is 16.6 Å². The summed E-state index contributed by atoms with van der Waals surface area (Å²) in [5.74, 6) is -0.993. The number of nitrogens with zero attached hydrogens (tertiary/aromatic N) is 2. The van der Waals surface area contributed by atoms with Gasteiger partial charge < -0.3 is 5.11 Å². The summed E-state index contributed by atoms with van der Waals surface area (Å²) in [6.07, 6.45) is 0.798. The molecular formula is C13H15N3O3S. The largest absolute Gasteiger partial charge is 0.478 e. The molecule has 0 aliphatic heterocycles. The van der Waals surface area contributed by atoms with Crippen LogP contribution in [0.4, 0.5) is 0 Å². The number of hydrogen-bond acceptors (Lipinski definition) is 4. The number of carbonyl (C=O) groups is 1. The van der Waals surface area contributed by atoms with Crippen LogP contribution >= 0.6 is 11.8 Å². The molecule has 0 saturated heterocycles. The van der Waals surface area contributed by atoms with Crippen molar-refractivity contribution in [1.29, 1.82) is 0 Å². The molecule has 0 bridgehead atoms. The molecule has 0 atom stereocenters. The topological polar surface area (TPSA) is 88.0 Å². The van der Waals surface area contributed by atoms with Crippen molar-refractivity contribution in [3.8, 4) is 0 Å². The molecule has 1 aromatic heterocycles. The van der Waals surface area contributed by atoms with E-state index in [1.807, 2.05) is 13.8 Å². The highest BCUT2D eigenvalue weighted by Crippen LogP contribution is 2.29. The third-order valence-corrected chi connectivity index (χ3v) is 3.79. The maximum atomic E-state index is 11.6. The van der Waals surface area contributed by atoms with E-state index in [2.05, 4.69) is 10.2 Å². The molecule has 0 spiro atoms. The molecule has 0 aliphatic rings. The van der Waals surface area contributed by atoms with Crippen LogP contribution in [0.2, 0.25) is 0 Å². The SMILES string of the molecule is CCCn1c(Sc2cc(C)ccc2C(=O)O)n[nH]c1=O. The highest BCUT2D eigenvalue weighted by molar-refractivity contribution is 7.99. The highest BCUT2D eigenvalue weighted by Gasteiger charge is 2.15. The van der Waals surface area contributed by atoms with E-state index in [1.165, 1.54) is 16.3 Å². The molecule has 0 amide bonds. The van der Waals surface area contributed by atoms with Crippen molar-refractivity contribution in [3.05, 3.63) is 39.8 Å². The lowest BCUT2D eigenvalue weighted by Crippen LogP contribution is -2.17. The predicted octanol–water partition coefficient (Wildman–Crippen LogP) is 2.14.